The Morgan fingerprint density at radius 3 is 2.44 bits per heavy atom. The monoisotopic (exact) mass is 361 g/mol. The summed E-state index contributed by atoms with van der Waals surface area (Å²) in [5.74, 6) is -0.518. The molecule has 0 saturated heterocycles. The third kappa shape index (κ3) is 3.29. The smallest absolute Gasteiger partial charge is 0.274 e. The molecule has 1 aliphatic heterocycles. The number of pyridine rings is 1. The van der Waals surface area contributed by atoms with Crippen molar-refractivity contribution in [3.05, 3.63) is 95.6 Å². The average Bonchev–Trinajstić information content (AvgIpc) is 3.14. The molecule has 0 radical (unpaired) electrons. The molecule has 1 atom stereocenters. The lowest BCUT2D eigenvalue weighted by Crippen LogP contribution is -2.27. The van der Waals surface area contributed by atoms with E-state index in [9.17, 15) is 14.3 Å². The van der Waals surface area contributed by atoms with Gasteiger partial charge in [-0.15, -0.1) is 0 Å². The van der Waals surface area contributed by atoms with Crippen LogP contribution < -0.4 is 0 Å². The van der Waals surface area contributed by atoms with E-state index < -0.39 is 0 Å². The van der Waals surface area contributed by atoms with Crippen LogP contribution in [0.15, 0.2) is 78.2 Å². The number of para-hydroxylation sites is 1. The SMILES string of the molecule is O=C(c1ccncc1)N1N=C(c2ccccc2O)C[C@H]1c1ccc(F)cc1. The zero-order valence-electron chi connectivity index (χ0n) is 14.3. The van der Waals surface area contributed by atoms with Gasteiger partial charge in [-0.1, -0.05) is 24.3 Å². The van der Waals surface area contributed by atoms with Crippen molar-refractivity contribution in [2.24, 2.45) is 5.10 Å². The quantitative estimate of drug-likeness (QED) is 0.769. The summed E-state index contributed by atoms with van der Waals surface area (Å²) in [7, 11) is 0. The van der Waals surface area contributed by atoms with Gasteiger partial charge < -0.3 is 5.11 Å². The van der Waals surface area contributed by atoms with Crippen molar-refractivity contribution in [1.29, 1.82) is 0 Å². The fourth-order valence-electron chi connectivity index (χ4n) is 3.15. The highest BCUT2D eigenvalue weighted by Crippen LogP contribution is 2.35. The van der Waals surface area contributed by atoms with Gasteiger partial charge in [0.15, 0.2) is 0 Å². The zero-order valence-corrected chi connectivity index (χ0v) is 14.3. The Kier molecular flexibility index (Phi) is 4.38. The Morgan fingerprint density at radius 2 is 1.74 bits per heavy atom. The van der Waals surface area contributed by atoms with Gasteiger partial charge in [0.2, 0.25) is 0 Å². The highest BCUT2D eigenvalue weighted by atomic mass is 19.1. The van der Waals surface area contributed by atoms with Crippen LogP contribution in [0.3, 0.4) is 0 Å². The van der Waals surface area contributed by atoms with Crippen molar-refractivity contribution in [3.63, 3.8) is 0 Å². The number of aromatic hydroxyl groups is 1. The summed E-state index contributed by atoms with van der Waals surface area (Å²) >= 11 is 0. The Morgan fingerprint density at radius 1 is 1.04 bits per heavy atom. The van der Waals surface area contributed by atoms with Gasteiger partial charge in [0.05, 0.1) is 11.8 Å². The maximum absolute atomic E-state index is 13.3. The van der Waals surface area contributed by atoms with Crippen LogP contribution in [0.25, 0.3) is 0 Å². The second-order valence-corrected chi connectivity index (χ2v) is 6.22. The Labute approximate surface area is 155 Å². The van der Waals surface area contributed by atoms with E-state index in [1.165, 1.54) is 17.1 Å². The molecule has 134 valence electrons. The fraction of sp³-hybridized carbons (Fsp3) is 0.0952. The van der Waals surface area contributed by atoms with Crippen molar-refractivity contribution >= 4 is 11.6 Å². The van der Waals surface area contributed by atoms with E-state index in [1.54, 1.807) is 60.9 Å². The van der Waals surface area contributed by atoms with Crippen LogP contribution in [-0.4, -0.2) is 26.7 Å². The van der Waals surface area contributed by atoms with E-state index in [0.717, 1.165) is 5.56 Å². The van der Waals surface area contributed by atoms with E-state index in [2.05, 4.69) is 10.1 Å². The number of rotatable bonds is 3. The number of amides is 1. The number of halogens is 1. The molecule has 4 rings (SSSR count). The number of phenolic OH excluding ortho intramolecular Hbond substituents is 1. The van der Waals surface area contributed by atoms with E-state index >= 15 is 0 Å². The van der Waals surface area contributed by atoms with Crippen molar-refractivity contribution < 1.29 is 14.3 Å². The van der Waals surface area contributed by atoms with Crippen LogP contribution in [0.1, 0.15) is 33.9 Å². The number of benzene rings is 2. The fourth-order valence-corrected chi connectivity index (χ4v) is 3.15. The number of hydrazone groups is 1. The van der Waals surface area contributed by atoms with Crippen LogP contribution in [0.2, 0.25) is 0 Å². The summed E-state index contributed by atoms with van der Waals surface area (Å²) in [6.07, 6.45) is 3.51. The van der Waals surface area contributed by atoms with E-state index in [4.69, 9.17) is 0 Å². The normalized spacial score (nSPS) is 16.3. The molecule has 1 amide bonds. The number of hydrogen-bond donors (Lipinski definition) is 1. The second-order valence-electron chi connectivity index (χ2n) is 6.22. The lowest BCUT2D eigenvalue weighted by Gasteiger charge is -2.22. The van der Waals surface area contributed by atoms with Crippen molar-refractivity contribution in [3.8, 4) is 5.75 Å². The third-order valence-electron chi connectivity index (χ3n) is 4.52. The van der Waals surface area contributed by atoms with E-state index in [0.29, 0.717) is 23.3 Å². The molecule has 6 heteroatoms. The third-order valence-corrected chi connectivity index (χ3v) is 4.52. The Hall–Kier alpha value is -3.54. The summed E-state index contributed by atoms with van der Waals surface area (Å²) in [5.41, 5.74) is 2.41. The zero-order chi connectivity index (χ0) is 18.8. The highest BCUT2D eigenvalue weighted by molar-refractivity contribution is 6.06. The molecular formula is C21H16FN3O2. The maximum atomic E-state index is 13.3. The molecule has 5 nitrogen and oxygen atoms in total. The van der Waals surface area contributed by atoms with Crippen LogP contribution in [-0.2, 0) is 0 Å². The molecule has 0 fully saturated rings. The number of aromatic nitrogens is 1. The van der Waals surface area contributed by atoms with E-state index in [1.807, 2.05) is 0 Å². The van der Waals surface area contributed by atoms with Crippen LogP contribution in [0, 0.1) is 5.82 Å². The van der Waals surface area contributed by atoms with Gasteiger partial charge in [0.25, 0.3) is 5.91 Å². The van der Waals surface area contributed by atoms with Gasteiger partial charge in [-0.25, -0.2) is 9.40 Å². The van der Waals surface area contributed by atoms with Gasteiger partial charge in [-0.2, -0.15) is 5.10 Å². The predicted molar refractivity (Wildman–Crippen MR) is 98.8 cm³/mol. The van der Waals surface area contributed by atoms with Crippen LogP contribution in [0.4, 0.5) is 4.39 Å². The number of phenols is 1. The molecule has 3 aromatic rings. The van der Waals surface area contributed by atoms with Crippen molar-refractivity contribution in [1.82, 2.24) is 9.99 Å². The minimum Gasteiger partial charge on any atom is -0.507 e. The van der Waals surface area contributed by atoms with Gasteiger partial charge in [0, 0.05) is 29.9 Å². The van der Waals surface area contributed by atoms with Gasteiger partial charge >= 0.3 is 0 Å². The number of carbonyl (C=O) groups is 1. The molecule has 0 saturated carbocycles. The molecule has 0 spiro atoms. The Bertz CT molecular complexity index is 1000. The molecule has 0 aliphatic carbocycles. The van der Waals surface area contributed by atoms with Crippen LogP contribution in [0.5, 0.6) is 5.75 Å². The first-order valence-electron chi connectivity index (χ1n) is 8.48. The molecule has 2 aromatic carbocycles. The maximum Gasteiger partial charge on any atom is 0.274 e. The van der Waals surface area contributed by atoms with Gasteiger partial charge in [-0.05, 0) is 42.0 Å². The first-order chi connectivity index (χ1) is 13.1. The van der Waals surface area contributed by atoms with Crippen molar-refractivity contribution in [2.45, 2.75) is 12.5 Å². The van der Waals surface area contributed by atoms with Crippen LogP contribution >= 0.6 is 0 Å². The van der Waals surface area contributed by atoms with Crippen molar-refractivity contribution in [2.75, 3.05) is 0 Å². The molecule has 27 heavy (non-hydrogen) atoms. The molecule has 1 N–H and O–H groups in total. The summed E-state index contributed by atoms with van der Waals surface area (Å²) in [6.45, 7) is 0. The molecule has 1 aliphatic rings. The minimum absolute atomic E-state index is 0.104. The topological polar surface area (TPSA) is 65.8 Å². The first-order valence-corrected chi connectivity index (χ1v) is 8.48. The Balaban J connectivity index is 1.75. The lowest BCUT2D eigenvalue weighted by atomic mass is 9.97. The standard InChI is InChI=1S/C21H16FN3O2/c22-16-7-5-14(6-8-16)19-13-18(17-3-1-2-4-20(17)26)24-25(19)21(27)15-9-11-23-12-10-15/h1-12,19,26H,13H2/t19-/m0/s1. The summed E-state index contributed by atoms with van der Waals surface area (Å²) < 4.78 is 13.3. The first kappa shape index (κ1) is 16.9. The molecule has 2 heterocycles. The minimum atomic E-state index is -0.388. The van der Waals surface area contributed by atoms with Gasteiger partial charge in [-0.3, -0.25) is 9.78 Å². The molecular weight excluding hydrogens is 345 g/mol. The number of nitrogens with zero attached hydrogens (tertiary/aromatic N) is 3. The van der Waals surface area contributed by atoms with E-state index in [-0.39, 0.29) is 23.5 Å². The molecule has 1 aromatic heterocycles. The largest absolute Gasteiger partial charge is 0.507 e. The van der Waals surface area contributed by atoms with Gasteiger partial charge in [0.1, 0.15) is 11.6 Å². The second kappa shape index (κ2) is 6.99. The highest BCUT2D eigenvalue weighted by Gasteiger charge is 2.34. The average molecular weight is 361 g/mol. The summed E-state index contributed by atoms with van der Waals surface area (Å²) in [6, 6.07) is 15.8. The summed E-state index contributed by atoms with van der Waals surface area (Å²) in [4.78, 5) is 16.9. The number of carbonyl (C=O) groups excluding carboxylic acids is 1. The molecule has 0 unspecified atom stereocenters. The lowest BCUT2D eigenvalue weighted by molar-refractivity contribution is 0.0711. The molecule has 0 bridgehead atoms. The number of hydrogen-bond acceptors (Lipinski definition) is 4. The predicted octanol–water partition coefficient (Wildman–Crippen LogP) is 3.92. The summed E-state index contributed by atoms with van der Waals surface area (Å²) in [5, 5.41) is 16.1.